The summed E-state index contributed by atoms with van der Waals surface area (Å²) in [6.45, 7) is -0.235. The van der Waals surface area contributed by atoms with Crippen LogP contribution in [0.5, 0.6) is 0 Å². The molecule has 0 N–H and O–H groups in total. The van der Waals surface area contributed by atoms with Gasteiger partial charge in [-0.2, -0.15) is 0 Å². The Morgan fingerprint density at radius 2 is 1.58 bits per heavy atom. The minimum absolute atomic E-state index is 0.852. The van der Waals surface area contributed by atoms with Crippen LogP contribution in [0.4, 0.5) is 0 Å². The van der Waals surface area contributed by atoms with E-state index in [2.05, 4.69) is 0 Å². The van der Waals surface area contributed by atoms with Crippen molar-refractivity contribution in [3.05, 3.63) is 11.8 Å². The maximum Gasteiger partial charge on any atom is 0.270 e. The molecule has 0 aliphatic heterocycles. The average Bonchev–Trinajstić information content (AvgIpc) is 1.76. The molecule has 0 saturated carbocycles. The number of hydrogen-bond acceptors (Lipinski definition) is 0. The molecule has 0 fully saturated rings. The molecule has 12 heavy (non-hydrogen) atoms. The molecule has 0 bridgehead atoms. The summed E-state index contributed by atoms with van der Waals surface area (Å²) in [5.74, 6) is 0. The van der Waals surface area contributed by atoms with E-state index in [-0.39, 0.29) is 0 Å². The van der Waals surface area contributed by atoms with Gasteiger partial charge in [0.05, 0.1) is 0 Å². The Labute approximate surface area is 94.7 Å². The molecule has 6 heteroatoms. The molecule has 0 radical (unpaired) electrons. The van der Waals surface area contributed by atoms with Crippen LogP contribution in [0.25, 0.3) is 0 Å². The quantitative estimate of drug-likeness (QED) is 0.523. The second kappa shape index (κ2) is 5.27. The molecular weight excluding hydrogens is 270 g/mol. The van der Waals surface area contributed by atoms with Crippen LogP contribution in [0, 0.1) is 0 Å². The second-order valence-corrected chi connectivity index (χ2v) is 18.7. The predicted molar refractivity (Wildman–Crippen MR) is 65.2 cm³/mol. The highest BCUT2D eigenvalue weighted by Crippen LogP contribution is 2.22. The van der Waals surface area contributed by atoms with Crippen LogP contribution >= 0.6 is 44.3 Å². The molecule has 0 heterocycles. The summed E-state index contributed by atoms with van der Waals surface area (Å²) in [6.07, 6.45) is 2.85. The first kappa shape index (κ1) is 13.3. The van der Waals surface area contributed by atoms with E-state index in [9.17, 15) is 0 Å². The first-order valence-corrected chi connectivity index (χ1v) is 13.0. The Balaban J connectivity index is 3.64. The Morgan fingerprint density at radius 1 is 1.08 bits per heavy atom. The molecule has 0 spiro atoms. The van der Waals surface area contributed by atoms with Crippen LogP contribution < -0.4 is 0 Å². The third kappa shape index (κ3) is 11.3. The van der Waals surface area contributed by atoms with Gasteiger partial charge >= 0.3 is 0 Å². The zero-order valence-corrected chi connectivity index (χ0v) is 12.1. The van der Waals surface area contributed by atoms with Crippen molar-refractivity contribution in [3.8, 4) is 0 Å². The lowest BCUT2D eigenvalue weighted by atomic mass is 10.5. The topological polar surface area (TPSA) is 0 Å². The largest absolute Gasteiger partial charge is 0.270 e. The maximum atomic E-state index is 5.90. The molecule has 0 aliphatic carbocycles. The Bertz CT molecular complexity index is 156. The molecule has 0 saturated heterocycles. The highest BCUT2D eigenvalue weighted by Gasteiger charge is 2.20. The van der Waals surface area contributed by atoms with Crippen molar-refractivity contribution in [3.63, 3.8) is 0 Å². The number of allylic oxidation sites excluding steroid dienone is 1. The van der Waals surface area contributed by atoms with Crippen LogP contribution in [-0.4, -0.2) is 13.4 Å². The van der Waals surface area contributed by atoms with Crippen molar-refractivity contribution >= 4 is 57.7 Å². The van der Waals surface area contributed by atoms with E-state index in [1.165, 1.54) is 0 Å². The first-order chi connectivity index (χ1) is 5.21. The van der Waals surface area contributed by atoms with Crippen molar-refractivity contribution in [2.45, 2.75) is 25.6 Å². The van der Waals surface area contributed by atoms with Gasteiger partial charge in [0.2, 0.25) is 6.69 Å². The van der Waals surface area contributed by atoms with Gasteiger partial charge in [0.1, 0.15) is 0 Å². The van der Waals surface area contributed by atoms with Crippen molar-refractivity contribution in [1.29, 1.82) is 0 Å². The zero-order valence-electron chi connectivity index (χ0n) is 7.08. The fourth-order valence-electron chi connectivity index (χ4n) is 0.627. The normalized spacial score (nSPS) is 14.2. The maximum absolute atomic E-state index is 5.90. The SMILES string of the molecule is C[Si](Cl)(Cl)/C=C/CC[Si](C)(Cl)Cl. The Hall–Kier alpha value is 1.33. The van der Waals surface area contributed by atoms with E-state index in [1.807, 2.05) is 24.9 Å². The van der Waals surface area contributed by atoms with Gasteiger partial charge in [0.25, 0.3) is 6.69 Å². The fraction of sp³-hybridized carbons (Fsp3) is 0.667. The molecule has 0 aliphatic rings. The average molecular weight is 282 g/mol. The summed E-state index contributed by atoms with van der Waals surface area (Å²) in [5.41, 5.74) is 1.88. The Kier molecular flexibility index (Phi) is 5.86. The Morgan fingerprint density at radius 3 is 1.92 bits per heavy atom. The van der Waals surface area contributed by atoms with Crippen LogP contribution in [0.3, 0.4) is 0 Å². The van der Waals surface area contributed by atoms with Crippen LogP contribution in [0.2, 0.25) is 19.1 Å². The van der Waals surface area contributed by atoms with Gasteiger partial charge in [0, 0.05) is 0 Å². The zero-order chi connectivity index (χ0) is 9.83. The van der Waals surface area contributed by atoms with Gasteiger partial charge in [-0.15, -0.1) is 44.3 Å². The molecule has 0 unspecified atom stereocenters. The molecule has 0 amide bonds. The lowest BCUT2D eigenvalue weighted by Crippen LogP contribution is -2.11. The second-order valence-electron chi connectivity index (χ2n) is 2.97. The molecule has 0 atom stereocenters. The van der Waals surface area contributed by atoms with E-state index < -0.39 is 13.4 Å². The third-order valence-corrected chi connectivity index (χ3v) is 5.04. The standard InChI is InChI=1S/C6H12Cl4Si2/c1-11(7,8)5-3-4-6-12(2,9)10/h3,5H,4,6H2,1-2H3/b5-3+. The number of hydrogen-bond donors (Lipinski definition) is 0. The summed E-state index contributed by atoms with van der Waals surface area (Å²) >= 11 is 23.5. The predicted octanol–water partition coefficient (Wildman–Crippen LogP) is 4.57. The van der Waals surface area contributed by atoms with Gasteiger partial charge in [-0.25, -0.2) is 0 Å². The lowest BCUT2D eigenvalue weighted by Gasteiger charge is -2.07. The van der Waals surface area contributed by atoms with E-state index in [1.54, 1.807) is 0 Å². The summed E-state index contributed by atoms with van der Waals surface area (Å²) in [6, 6.07) is 0.852. The lowest BCUT2D eigenvalue weighted by molar-refractivity contribution is 1.19. The molecule has 72 valence electrons. The number of halogens is 4. The molecule has 0 aromatic heterocycles. The van der Waals surface area contributed by atoms with Crippen molar-refractivity contribution in [1.82, 2.24) is 0 Å². The monoisotopic (exact) mass is 280 g/mol. The van der Waals surface area contributed by atoms with Gasteiger partial charge < -0.3 is 0 Å². The van der Waals surface area contributed by atoms with Crippen LogP contribution in [0.15, 0.2) is 11.8 Å². The smallest absolute Gasteiger partial charge is 0.146 e. The van der Waals surface area contributed by atoms with E-state index in [0.29, 0.717) is 0 Å². The van der Waals surface area contributed by atoms with Crippen LogP contribution in [0.1, 0.15) is 6.42 Å². The van der Waals surface area contributed by atoms with Crippen molar-refractivity contribution in [2.24, 2.45) is 0 Å². The third-order valence-electron chi connectivity index (χ3n) is 1.16. The van der Waals surface area contributed by atoms with E-state index in [4.69, 9.17) is 44.3 Å². The van der Waals surface area contributed by atoms with E-state index in [0.717, 1.165) is 12.5 Å². The molecular formula is C6H12Cl4Si2. The summed E-state index contributed by atoms with van der Waals surface area (Å²) in [7, 11) is 0. The molecule has 0 rings (SSSR count). The van der Waals surface area contributed by atoms with Crippen molar-refractivity contribution < 1.29 is 0 Å². The van der Waals surface area contributed by atoms with Gasteiger partial charge in [-0.1, -0.05) is 11.8 Å². The summed E-state index contributed by atoms with van der Waals surface area (Å²) < 4.78 is 0. The fourth-order valence-corrected chi connectivity index (χ4v) is 3.07. The highest BCUT2D eigenvalue weighted by molar-refractivity contribution is 7.47. The minimum atomic E-state index is -2.06. The first-order valence-electron chi connectivity index (χ1n) is 3.64. The van der Waals surface area contributed by atoms with Gasteiger partial charge in [-0.3, -0.25) is 0 Å². The number of rotatable bonds is 4. The molecule has 0 nitrogen and oxygen atoms in total. The summed E-state index contributed by atoms with van der Waals surface area (Å²) in [5, 5.41) is 0. The molecule has 0 aromatic rings. The highest BCUT2D eigenvalue weighted by atomic mass is 35.7. The van der Waals surface area contributed by atoms with Gasteiger partial charge in [0.15, 0.2) is 0 Å². The van der Waals surface area contributed by atoms with E-state index >= 15 is 0 Å². The van der Waals surface area contributed by atoms with Crippen LogP contribution in [-0.2, 0) is 0 Å². The minimum Gasteiger partial charge on any atom is -0.146 e. The van der Waals surface area contributed by atoms with Crippen molar-refractivity contribution in [2.75, 3.05) is 0 Å². The molecule has 0 aromatic carbocycles. The van der Waals surface area contributed by atoms with Gasteiger partial charge in [-0.05, 0) is 25.6 Å². The summed E-state index contributed by atoms with van der Waals surface area (Å²) in [4.78, 5) is 0.